The Balaban J connectivity index is 2.07. The Morgan fingerprint density at radius 1 is 1.41 bits per heavy atom. The molecule has 2 rings (SSSR count). The lowest BCUT2D eigenvalue weighted by Gasteiger charge is -2.32. The van der Waals surface area contributed by atoms with Crippen molar-refractivity contribution in [1.82, 2.24) is 9.78 Å². The Morgan fingerprint density at radius 3 is 2.65 bits per heavy atom. The van der Waals surface area contributed by atoms with Gasteiger partial charge in [0, 0.05) is 36.8 Å². The molecule has 5 heteroatoms. The first-order chi connectivity index (χ1) is 8.02. The molecule has 0 atom stereocenters. The van der Waals surface area contributed by atoms with Crippen LogP contribution in [0.25, 0.3) is 0 Å². The molecule has 0 radical (unpaired) electrons. The molecule has 0 N–H and O–H groups in total. The minimum absolute atomic E-state index is 0.115. The zero-order chi connectivity index (χ0) is 12.5. The molecular weight excluding hydrogens is 215 g/mol. The Bertz CT molecular complexity index is 380. The second kappa shape index (κ2) is 4.82. The van der Waals surface area contributed by atoms with Gasteiger partial charge in [-0.15, -0.1) is 0 Å². The van der Waals surface area contributed by atoms with Crippen molar-refractivity contribution in [3.8, 4) is 0 Å². The molecule has 1 saturated heterocycles. The van der Waals surface area contributed by atoms with Crippen LogP contribution in [0.2, 0.25) is 0 Å². The molecule has 0 amide bonds. The highest BCUT2D eigenvalue weighted by molar-refractivity contribution is 6.61. The van der Waals surface area contributed by atoms with Crippen LogP contribution in [0.15, 0.2) is 6.20 Å². The molecule has 0 unspecified atom stereocenters. The first-order valence-corrected chi connectivity index (χ1v) is 6.29. The lowest BCUT2D eigenvalue weighted by molar-refractivity contribution is 0.0342. The van der Waals surface area contributed by atoms with E-state index >= 15 is 0 Å². The molecule has 0 aliphatic carbocycles. The molecule has 1 aliphatic rings. The van der Waals surface area contributed by atoms with Crippen molar-refractivity contribution in [1.29, 1.82) is 0 Å². The van der Waals surface area contributed by atoms with E-state index in [-0.39, 0.29) is 12.5 Å². The number of aromatic nitrogens is 2. The van der Waals surface area contributed by atoms with E-state index in [1.165, 1.54) is 0 Å². The van der Waals surface area contributed by atoms with Gasteiger partial charge in [0.25, 0.3) is 0 Å². The minimum Gasteiger partial charge on any atom is -0.407 e. The van der Waals surface area contributed by atoms with Crippen molar-refractivity contribution in [2.24, 2.45) is 5.41 Å². The fraction of sp³-hybridized carbons (Fsp3) is 0.750. The summed E-state index contributed by atoms with van der Waals surface area (Å²) < 4.78 is 13.5. The quantitative estimate of drug-likeness (QED) is 0.743. The largest absolute Gasteiger partial charge is 0.497 e. The van der Waals surface area contributed by atoms with Crippen LogP contribution < -0.4 is 5.46 Å². The fourth-order valence-corrected chi connectivity index (χ4v) is 1.98. The smallest absolute Gasteiger partial charge is 0.407 e. The third-order valence-corrected chi connectivity index (χ3v) is 2.94. The summed E-state index contributed by atoms with van der Waals surface area (Å²) in [6.07, 6.45) is 3.13. The zero-order valence-corrected chi connectivity index (χ0v) is 11.2. The van der Waals surface area contributed by atoms with Gasteiger partial charge in [0.1, 0.15) is 0 Å². The molecule has 0 saturated carbocycles. The Hall–Kier alpha value is -0.805. The maximum Gasteiger partial charge on any atom is 0.497 e. The molecule has 1 aromatic rings. The molecule has 1 aliphatic heterocycles. The Morgan fingerprint density at radius 2 is 2.06 bits per heavy atom. The molecule has 1 fully saturated rings. The number of hydrogen-bond donors (Lipinski definition) is 0. The Kier molecular flexibility index (Phi) is 3.59. The third-order valence-electron chi connectivity index (χ3n) is 2.94. The molecule has 0 bridgehead atoms. The van der Waals surface area contributed by atoms with Crippen LogP contribution >= 0.6 is 0 Å². The zero-order valence-electron chi connectivity index (χ0n) is 11.2. The van der Waals surface area contributed by atoms with Crippen LogP contribution in [0.5, 0.6) is 0 Å². The second-order valence-corrected chi connectivity index (χ2v) is 5.55. The van der Waals surface area contributed by atoms with Gasteiger partial charge in [0.2, 0.25) is 0 Å². The highest BCUT2D eigenvalue weighted by atomic mass is 16.6. The third kappa shape index (κ3) is 2.90. The summed E-state index contributed by atoms with van der Waals surface area (Å²) in [7, 11) is -0.242. The lowest BCUT2D eigenvalue weighted by atomic mass is 9.76. The van der Waals surface area contributed by atoms with Gasteiger partial charge in [0.15, 0.2) is 0 Å². The van der Waals surface area contributed by atoms with Gasteiger partial charge in [-0.05, 0) is 13.3 Å². The maximum atomic E-state index is 5.78. The van der Waals surface area contributed by atoms with Crippen molar-refractivity contribution >= 4 is 12.6 Å². The van der Waals surface area contributed by atoms with Crippen LogP contribution in [0.3, 0.4) is 0 Å². The van der Waals surface area contributed by atoms with Crippen LogP contribution in [0, 0.1) is 12.3 Å². The van der Waals surface area contributed by atoms with Crippen LogP contribution in [-0.4, -0.2) is 30.1 Å². The van der Waals surface area contributed by atoms with E-state index in [1.807, 2.05) is 17.8 Å². The van der Waals surface area contributed by atoms with Crippen LogP contribution in [0.4, 0.5) is 0 Å². The average Bonchev–Trinajstić information content (AvgIpc) is 2.60. The molecule has 4 nitrogen and oxygen atoms in total. The monoisotopic (exact) mass is 236 g/mol. The summed E-state index contributed by atoms with van der Waals surface area (Å²) in [5.74, 6) is 0. The van der Waals surface area contributed by atoms with E-state index in [2.05, 4.69) is 25.9 Å². The van der Waals surface area contributed by atoms with Crippen LogP contribution in [0.1, 0.15) is 32.9 Å². The van der Waals surface area contributed by atoms with Crippen LogP contribution in [-0.2, 0) is 15.9 Å². The molecule has 0 spiro atoms. The van der Waals surface area contributed by atoms with E-state index in [9.17, 15) is 0 Å². The molecule has 17 heavy (non-hydrogen) atoms. The predicted molar refractivity (Wildman–Crippen MR) is 68.3 cm³/mol. The van der Waals surface area contributed by atoms with Gasteiger partial charge >= 0.3 is 7.12 Å². The fourth-order valence-electron chi connectivity index (χ4n) is 1.98. The molecule has 0 aromatic carbocycles. The molecular formula is C12H21BN2O2. The maximum absolute atomic E-state index is 5.78. The van der Waals surface area contributed by atoms with Gasteiger partial charge in [-0.2, -0.15) is 5.10 Å². The summed E-state index contributed by atoms with van der Waals surface area (Å²) in [5, 5.41) is 4.47. The normalized spacial score (nSPS) is 19.6. The first-order valence-electron chi connectivity index (χ1n) is 6.29. The highest BCUT2D eigenvalue weighted by Crippen LogP contribution is 2.21. The summed E-state index contributed by atoms with van der Waals surface area (Å²) in [6, 6.07) is 0. The van der Waals surface area contributed by atoms with Gasteiger partial charge in [-0.3, -0.25) is 4.68 Å². The topological polar surface area (TPSA) is 36.3 Å². The molecule has 1 aromatic heterocycles. The van der Waals surface area contributed by atoms with Crippen molar-refractivity contribution in [3.05, 3.63) is 11.9 Å². The van der Waals surface area contributed by atoms with E-state index in [0.29, 0.717) is 0 Å². The summed E-state index contributed by atoms with van der Waals surface area (Å²) in [5.41, 5.74) is 2.18. The average molecular weight is 236 g/mol. The van der Waals surface area contributed by atoms with E-state index < -0.39 is 0 Å². The molecule has 94 valence electrons. The van der Waals surface area contributed by atoms with Crippen molar-refractivity contribution < 1.29 is 9.31 Å². The van der Waals surface area contributed by atoms with Gasteiger partial charge in [-0.1, -0.05) is 20.8 Å². The van der Waals surface area contributed by atoms with E-state index in [1.54, 1.807) is 0 Å². The summed E-state index contributed by atoms with van der Waals surface area (Å²) in [6.45, 7) is 10.9. The van der Waals surface area contributed by atoms with E-state index in [4.69, 9.17) is 9.31 Å². The minimum atomic E-state index is -0.242. The van der Waals surface area contributed by atoms with Crippen molar-refractivity contribution in [3.63, 3.8) is 0 Å². The van der Waals surface area contributed by atoms with Gasteiger partial charge < -0.3 is 9.31 Å². The van der Waals surface area contributed by atoms with Gasteiger partial charge in [0.05, 0.1) is 5.69 Å². The lowest BCUT2D eigenvalue weighted by Crippen LogP contribution is -2.47. The highest BCUT2D eigenvalue weighted by Gasteiger charge is 2.35. The van der Waals surface area contributed by atoms with Gasteiger partial charge in [-0.25, -0.2) is 0 Å². The number of hydrogen-bond acceptors (Lipinski definition) is 3. The predicted octanol–water partition coefficient (Wildman–Crippen LogP) is 1.37. The second-order valence-electron chi connectivity index (χ2n) is 5.55. The Labute approximate surface area is 103 Å². The summed E-state index contributed by atoms with van der Waals surface area (Å²) in [4.78, 5) is 0. The first kappa shape index (κ1) is 12.6. The SMILES string of the molecule is CCCn1cc(B2OCC(C)(C)CO2)c(C)n1. The number of rotatable bonds is 3. The number of nitrogens with zero attached hydrogens (tertiary/aromatic N) is 2. The number of aryl methyl sites for hydroxylation is 2. The summed E-state index contributed by atoms with van der Waals surface area (Å²) >= 11 is 0. The molecule has 2 heterocycles. The standard InChI is InChI=1S/C12H21BN2O2/c1-5-6-15-7-11(10(2)14-15)13-16-8-12(3,4)9-17-13/h7H,5-6,8-9H2,1-4H3. The van der Waals surface area contributed by atoms with Crippen molar-refractivity contribution in [2.75, 3.05) is 13.2 Å². The van der Waals surface area contributed by atoms with Crippen molar-refractivity contribution in [2.45, 2.75) is 40.7 Å². The van der Waals surface area contributed by atoms with E-state index in [0.717, 1.165) is 37.3 Å².